The molecule has 0 fully saturated rings. The molecule has 0 aliphatic heterocycles. The van der Waals surface area contributed by atoms with Gasteiger partial charge in [-0.2, -0.15) is 0 Å². The number of aliphatic carboxylic acids is 1. The van der Waals surface area contributed by atoms with E-state index in [1.54, 1.807) is 0 Å². The topological polar surface area (TPSA) is 63.6 Å². The van der Waals surface area contributed by atoms with Crippen molar-refractivity contribution in [2.24, 2.45) is 5.92 Å². The molecule has 0 radical (unpaired) electrons. The molecule has 0 saturated heterocycles. The van der Waals surface area contributed by atoms with Crippen molar-refractivity contribution in [3.8, 4) is 0 Å². The van der Waals surface area contributed by atoms with Gasteiger partial charge < -0.3 is 9.84 Å². The number of esters is 1. The van der Waals surface area contributed by atoms with Gasteiger partial charge in [-0.15, -0.1) is 0 Å². The van der Waals surface area contributed by atoms with Crippen LogP contribution in [0.4, 0.5) is 0 Å². The van der Waals surface area contributed by atoms with Crippen molar-refractivity contribution in [2.45, 2.75) is 194 Å². The summed E-state index contributed by atoms with van der Waals surface area (Å²) in [4.78, 5) is 23.1. The number of carboxylic acids is 1. The van der Waals surface area contributed by atoms with Crippen LogP contribution in [0, 0.1) is 5.92 Å². The van der Waals surface area contributed by atoms with Crippen LogP contribution in [-0.2, 0) is 14.3 Å². The molecule has 0 aliphatic rings. The third-order valence-corrected chi connectivity index (χ3v) is 8.04. The Balaban J connectivity index is 3.29. The van der Waals surface area contributed by atoms with Gasteiger partial charge in [-0.3, -0.25) is 9.59 Å². The second kappa shape index (κ2) is 32.2. The van der Waals surface area contributed by atoms with Crippen molar-refractivity contribution in [1.82, 2.24) is 0 Å². The summed E-state index contributed by atoms with van der Waals surface area (Å²) in [6.45, 7) is 4.59. The largest absolute Gasteiger partial charge is 0.481 e. The van der Waals surface area contributed by atoms with Crippen LogP contribution in [0.5, 0.6) is 0 Å². The average Bonchev–Trinajstić information content (AvgIpc) is 2.94. The quantitative estimate of drug-likeness (QED) is 0.0501. The Morgan fingerprint density at radius 3 is 1.30 bits per heavy atom. The van der Waals surface area contributed by atoms with E-state index in [-0.39, 0.29) is 12.4 Å². The van der Waals surface area contributed by atoms with Crippen molar-refractivity contribution in [1.29, 1.82) is 0 Å². The number of carbonyl (C=O) groups is 2. The smallest absolute Gasteiger partial charge is 0.307 e. The van der Waals surface area contributed by atoms with E-state index in [1.165, 1.54) is 148 Å². The first-order chi connectivity index (χ1) is 19.6. The maximum atomic E-state index is 11.7. The first-order valence-electron chi connectivity index (χ1n) is 17.6. The van der Waals surface area contributed by atoms with Gasteiger partial charge in [-0.25, -0.2) is 0 Å². The molecule has 1 unspecified atom stereocenters. The molecule has 0 amide bonds. The van der Waals surface area contributed by atoms with Crippen molar-refractivity contribution < 1.29 is 19.4 Å². The summed E-state index contributed by atoms with van der Waals surface area (Å²) in [5.74, 6) is -1.85. The van der Waals surface area contributed by atoms with Crippen molar-refractivity contribution >= 4 is 11.9 Å². The fourth-order valence-corrected chi connectivity index (χ4v) is 5.37. The molecule has 0 aromatic heterocycles. The standard InChI is InChI=1S/C36H68O4/c1-3-5-6-7-8-9-10-11-12-13-14-15-16-17-18-19-20-21-22-23-24-25-26-27-28-29-30-31-34(36(38)39)33-35(37)40-32-4-2/h9-10,34H,3-8,11-33H2,1-2H3,(H,38,39)/b10-9+. The minimum Gasteiger partial charge on any atom is -0.481 e. The molecule has 1 N–H and O–H groups in total. The van der Waals surface area contributed by atoms with Gasteiger partial charge in [0.2, 0.25) is 0 Å². The van der Waals surface area contributed by atoms with Crippen LogP contribution < -0.4 is 0 Å². The fourth-order valence-electron chi connectivity index (χ4n) is 5.37. The lowest BCUT2D eigenvalue weighted by molar-refractivity contribution is -0.151. The first-order valence-corrected chi connectivity index (χ1v) is 17.6. The zero-order chi connectivity index (χ0) is 29.4. The van der Waals surface area contributed by atoms with Crippen molar-refractivity contribution in [3.05, 3.63) is 12.2 Å². The zero-order valence-electron chi connectivity index (χ0n) is 26.9. The lowest BCUT2D eigenvalue weighted by Crippen LogP contribution is -2.19. The number of hydrogen-bond donors (Lipinski definition) is 1. The highest BCUT2D eigenvalue weighted by molar-refractivity contribution is 5.78. The molecule has 40 heavy (non-hydrogen) atoms. The average molecular weight is 565 g/mol. The SMILES string of the molecule is CCCCCC/C=C/CCCCCCCCCCCCCCCCCCCCCC(CC(=O)OCCC)C(=O)O. The molecule has 4 nitrogen and oxygen atoms in total. The second-order valence-electron chi connectivity index (χ2n) is 12.1. The van der Waals surface area contributed by atoms with Gasteiger partial charge in [0, 0.05) is 0 Å². The lowest BCUT2D eigenvalue weighted by atomic mass is 9.97. The Morgan fingerprint density at radius 1 is 0.550 bits per heavy atom. The van der Waals surface area contributed by atoms with Gasteiger partial charge in [0.15, 0.2) is 0 Å². The summed E-state index contributed by atoms with van der Waals surface area (Å²) in [7, 11) is 0. The van der Waals surface area contributed by atoms with E-state index in [2.05, 4.69) is 19.1 Å². The minimum absolute atomic E-state index is 0.00707. The Morgan fingerprint density at radius 2 is 0.925 bits per heavy atom. The van der Waals surface area contributed by atoms with Crippen LogP contribution in [0.25, 0.3) is 0 Å². The Hall–Kier alpha value is -1.32. The molecule has 0 aromatic rings. The van der Waals surface area contributed by atoms with E-state index >= 15 is 0 Å². The maximum absolute atomic E-state index is 11.7. The zero-order valence-corrected chi connectivity index (χ0v) is 26.9. The highest BCUT2D eigenvalue weighted by atomic mass is 16.5. The predicted molar refractivity (Wildman–Crippen MR) is 172 cm³/mol. The van der Waals surface area contributed by atoms with E-state index in [1.807, 2.05) is 6.92 Å². The summed E-state index contributed by atoms with van der Waals surface area (Å²) in [6, 6.07) is 0. The summed E-state index contributed by atoms with van der Waals surface area (Å²) in [5, 5.41) is 9.34. The van der Waals surface area contributed by atoms with E-state index in [0.717, 1.165) is 19.3 Å². The second-order valence-corrected chi connectivity index (χ2v) is 12.1. The van der Waals surface area contributed by atoms with Crippen LogP contribution in [0.15, 0.2) is 12.2 Å². The van der Waals surface area contributed by atoms with Gasteiger partial charge in [0.1, 0.15) is 0 Å². The van der Waals surface area contributed by atoms with Gasteiger partial charge in [-0.1, -0.05) is 161 Å². The third-order valence-electron chi connectivity index (χ3n) is 8.04. The first kappa shape index (κ1) is 38.7. The number of rotatable bonds is 32. The molecular weight excluding hydrogens is 496 g/mol. The molecule has 0 spiro atoms. The van der Waals surface area contributed by atoms with Crippen LogP contribution >= 0.6 is 0 Å². The van der Waals surface area contributed by atoms with Gasteiger partial charge in [0.25, 0.3) is 0 Å². The monoisotopic (exact) mass is 565 g/mol. The van der Waals surface area contributed by atoms with Crippen molar-refractivity contribution in [2.75, 3.05) is 6.61 Å². The molecular formula is C36H68O4. The predicted octanol–water partition coefficient (Wildman–Crippen LogP) is 11.7. The molecule has 4 heteroatoms. The molecule has 0 bridgehead atoms. The number of hydrogen-bond acceptors (Lipinski definition) is 3. The lowest BCUT2D eigenvalue weighted by Gasteiger charge is -2.11. The Bertz CT molecular complexity index is 571. The van der Waals surface area contributed by atoms with Gasteiger partial charge >= 0.3 is 11.9 Å². The molecule has 0 saturated carbocycles. The highest BCUT2D eigenvalue weighted by Crippen LogP contribution is 2.18. The van der Waals surface area contributed by atoms with Crippen LogP contribution in [0.1, 0.15) is 194 Å². The van der Waals surface area contributed by atoms with Crippen LogP contribution in [0.3, 0.4) is 0 Å². The number of unbranched alkanes of at least 4 members (excludes halogenated alkanes) is 23. The molecule has 0 heterocycles. The highest BCUT2D eigenvalue weighted by Gasteiger charge is 2.21. The summed E-state index contributed by atoms with van der Waals surface area (Å²) in [5.41, 5.74) is 0. The van der Waals surface area contributed by atoms with E-state index in [0.29, 0.717) is 13.0 Å². The van der Waals surface area contributed by atoms with Crippen molar-refractivity contribution in [3.63, 3.8) is 0 Å². The molecule has 0 rings (SSSR count). The molecule has 0 aromatic carbocycles. The molecule has 0 aliphatic carbocycles. The summed E-state index contributed by atoms with van der Waals surface area (Å²) in [6.07, 6.45) is 39.5. The minimum atomic E-state index is -0.874. The number of carboxylic acid groups (broad SMARTS) is 1. The van der Waals surface area contributed by atoms with Crippen LogP contribution in [0.2, 0.25) is 0 Å². The maximum Gasteiger partial charge on any atom is 0.307 e. The van der Waals surface area contributed by atoms with Gasteiger partial charge in [-0.05, 0) is 38.5 Å². The van der Waals surface area contributed by atoms with Crippen LogP contribution in [-0.4, -0.2) is 23.7 Å². The molecule has 236 valence electrons. The number of allylic oxidation sites excluding steroid dienone is 2. The Labute approximate surface area is 249 Å². The Kier molecular flexibility index (Phi) is 31.1. The fraction of sp³-hybridized carbons (Fsp3) is 0.889. The van der Waals surface area contributed by atoms with E-state index in [4.69, 9.17) is 4.74 Å². The number of ether oxygens (including phenoxy) is 1. The van der Waals surface area contributed by atoms with E-state index in [9.17, 15) is 14.7 Å². The third kappa shape index (κ3) is 29.7. The van der Waals surface area contributed by atoms with Gasteiger partial charge in [0.05, 0.1) is 18.9 Å². The number of carbonyl (C=O) groups excluding carboxylic acids is 1. The molecule has 1 atom stereocenters. The summed E-state index contributed by atoms with van der Waals surface area (Å²) < 4.78 is 5.03. The van der Waals surface area contributed by atoms with E-state index < -0.39 is 11.9 Å². The summed E-state index contributed by atoms with van der Waals surface area (Å²) >= 11 is 0. The normalized spacial score (nSPS) is 12.2.